The summed E-state index contributed by atoms with van der Waals surface area (Å²) in [5, 5.41) is 7.03. The van der Waals surface area contributed by atoms with E-state index in [4.69, 9.17) is 0 Å². The number of nitrogens with one attached hydrogen (secondary N) is 2. The van der Waals surface area contributed by atoms with Gasteiger partial charge in [-0.25, -0.2) is 0 Å². The minimum absolute atomic E-state index is 0.0908. The van der Waals surface area contributed by atoms with Gasteiger partial charge in [0.2, 0.25) is 5.91 Å². The number of aromatic nitrogens is 1. The van der Waals surface area contributed by atoms with Gasteiger partial charge in [0.05, 0.1) is 17.7 Å². The maximum atomic E-state index is 12.8. The Labute approximate surface area is 193 Å². The fourth-order valence-electron chi connectivity index (χ4n) is 4.98. The van der Waals surface area contributed by atoms with Crippen molar-refractivity contribution in [2.24, 2.45) is 0 Å². The molecular formula is C26H29N5O2. The van der Waals surface area contributed by atoms with Crippen molar-refractivity contribution in [1.29, 1.82) is 0 Å². The summed E-state index contributed by atoms with van der Waals surface area (Å²) in [6.45, 7) is 3.83. The van der Waals surface area contributed by atoms with Crippen molar-refractivity contribution in [2.75, 3.05) is 37.7 Å². The molecule has 33 heavy (non-hydrogen) atoms. The molecule has 3 aromatic rings. The minimum Gasteiger partial charge on any atom is -0.352 e. The quantitative estimate of drug-likeness (QED) is 0.573. The van der Waals surface area contributed by atoms with Crippen molar-refractivity contribution >= 4 is 28.4 Å². The molecule has 0 saturated carbocycles. The van der Waals surface area contributed by atoms with E-state index in [-0.39, 0.29) is 11.8 Å². The second kappa shape index (κ2) is 9.19. The van der Waals surface area contributed by atoms with E-state index in [0.717, 1.165) is 55.5 Å². The Morgan fingerprint density at radius 1 is 1.06 bits per heavy atom. The summed E-state index contributed by atoms with van der Waals surface area (Å²) in [4.78, 5) is 34.3. The summed E-state index contributed by atoms with van der Waals surface area (Å²) in [6, 6.07) is 19.8. The van der Waals surface area contributed by atoms with Crippen molar-refractivity contribution in [1.82, 2.24) is 20.5 Å². The third-order valence-corrected chi connectivity index (χ3v) is 6.88. The van der Waals surface area contributed by atoms with E-state index in [1.807, 2.05) is 48.5 Å². The van der Waals surface area contributed by atoms with Crippen LogP contribution in [0.4, 0.5) is 5.69 Å². The van der Waals surface area contributed by atoms with Crippen LogP contribution in [0, 0.1) is 0 Å². The minimum atomic E-state index is -0.449. The molecule has 0 aliphatic carbocycles. The van der Waals surface area contributed by atoms with Gasteiger partial charge in [-0.05, 0) is 50.1 Å². The lowest BCUT2D eigenvalue weighted by molar-refractivity contribution is -0.125. The first kappa shape index (κ1) is 21.4. The van der Waals surface area contributed by atoms with E-state index in [2.05, 4.69) is 37.6 Å². The standard InChI is InChI=1S/C26H29N5O2/c32-24(21-17-20-7-4-5-10-23(20)28-18-21)27-13-6-14-30-15-11-26(12-16-30)25(33)29-19-31(26)22-8-2-1-3-9-22/h1-5,7-10,17-18H,6,11-16,19H2,(H,27,32)(H,29,33). The van der Waals surface area contributed by atoms with Crippen LogP contribution in [0.1, 0.15) is 29.6 Å². The molecule has 1 spiro atoms. The average Bonchev–Trinajstić information content (AvgIpc) is 3.18. The summed E-state index contributed by atoms with van der Waals surface area (Å²) in [5.41, 5.74) is 2.12. The highest BCUT2D eigenvalue weighted by Crippen LogP contribution is 2.36. The molecule has 2 aliphatic rings. The Balaban J connectivity index is 1.10. The molecule has 2 fully saturated rings. The number of amides is 2. The van der Waals surface area contributed by atoms with E-state index in [9.17, 15) is 9.59 Å². The molecule has 2 N–H and O–H groups in total. The van der Waals surface area contributed by atoms with Crippen LogP contribution in [-0.2, 0) is 4.79 Å². The Morgan fingerprint density at radius 3 is 2.64 bits per heavy atom. The molecule has 0 radical (unpaired) electrons. The second-order valence-electron chi connectivity index (χ2n) is 8.83. The van der Waals surface area contributed by atoms with Crippen LogP contribution in [-0.4, -0.2) is 60.1 Å². The first-order valence-electron chi connectivity index (χ1n) is 11.6. The molecule has 7 heteroatoms. The monoisotopic (exact) mass is 443 g/mol. The van der Waals surface area contributed by atoms with Crippen LogP contribution in [0.25, 0.3) is 10.9 Å². The molecule has 1 aromatic heterocycles. The van der Waals surface area contributed by atoms with Gasteiger partial charge in [0.1, 0.15) is 5.54 Å². The van der Waals surface area contributed by atoms with E-state index in [1.54, 1.807) is 6.20 Å². The highest BCUT2D eigenvalue weighted by Gasteiger charge is 2.50. The van der Waals surface area contributed by atoms with Crippen molar-refractivity contribution in [3.05, 3.63) is 72.4 Å². The lowest BCUT2D eigenvalue weighted by Crippen LogP contribution is -2.56. The third-order valence-electron chi connectivity index (χ3n) is 6.88. The molecule has 3 heterocycles. The second-order valence-corrected chi connectivity index (χ2v) is 8.83. The number of pyridine rings is 1. The third kappa shape index (κ3) is 4.28. The van der Waals surface area contributed by atoms with Gasteiger partial charge in [-0.3, -0.25) is 14.6 Å². The Bertz CT molecular complexity index is 1140. The van der Waals surface area contributed by atoms with Gasteiger partial charge < -0.3 is 20.4 Å². The first-order chi connectivity index (χ1) is 16.2. The van der Waals surface area contributed by atoms with Crippen LogP contribution < -0.4 is 15.5 Å². The van der Waals surface area contributed by atoms with Gasteiger partial charge in [-0.1, -0.05) is 36.4 Å². The van der Waals surface area contributed by atoms with Crippen molar-refractivity contribution < 1.29 is 9.59 Å². The Kier molecular flexibility index (Phi) is 5.96. The van der Waals surface area contributed by atoms with Crippen LogP contribution in [0.2, 0.25) is 0 Å². The largest absolute Gasteiger partial charge is 0.352 e. The van der Waals surface area contributed by atoms with E-state index < -0.39 is 5.54 Å². The predicted octanol–water partition coefficient (Wildman–Crippen LogP) is 2.78. The summed E-state index contributed by atoms with van der Waals surface area (Å²) < 4.78 is 0. The van der Waals surface area contributed by atoms with Crippen LogP contribution in [0.5, 0.6) is 0 Å². The number of hydrogen-bond acceptors (Lipinski definition) is 5. The number of benzene rings is 2. The van der Waals surface area contributed by atoms with Gasteiger partial charge in [0.15, 0.2) is 0 Å². The fraction of sp³-hybridized carbons (Fsp3) is 0.346. The molecule has 5 rings (SSSR count). The summed E-state index contributed by atoms with van der Waals surface area (Å²) >= 11 is 0. The van der Waals surface area contributed by atoms with Gasteiger partial charge in [0.25, 0.3) is 5.91 Å². The van der Waals surface area contributed by atoms with E-state index >= 15 is 0 Å². The number of likely N-dealkylation sites (tertiary alicyclic amines) is 1. The van der Waals surface area contributed by atoms with Crippen LogP contribution in [0.3, 0.4) is 0 Å². The number of hydrogen-bond donors (Lipinski definition) is 2. The molecule has 0 bridgehead atoms. The topological polar surface area (TPSA) is 77.6 Å². The number of carbonyl (C=O) groups excluding carboxylic acids is 2. The van der Waals surface area contributed by atoms with E-state index in [0.29, 0.717) is 18.8 Å². The van der Waals surface area contributed by atoms with Gasteiger partial charge in [0, 0.05) is 36.9 Å². The molecular weight excluding hydrogens is 414 g/mol. The van der Waals surface area contributed by atoms with Crippen LogP contribution >= 0.6 is 0 Å². The normalized spacial score (nSPS) is 17.9. The number of piperidine rings is 1. The zero-order valence-electron chi connectivity index (χ0n) is 18.7. The Hall–Kier alpha value is -3.45. The molecule has 170 valence electrons. The maximum absolute atomic E-state index is 12.8. The molecule has 2 aliphatic heterocycles. The van der Waals surface area contributed by atoms with Gasteiger partial charge in [-0.15, -0.1) is 0 Å². The SMILES string of the molecule is O=C(NCCCN1CCC2(CC1)C(=O)NCN2c1ccccc1)c1cnc2ccccc2c1. The molecule has 0 atom stereocenters. The lowest BCUT2D eigenvalue weighted by Gasteiger charge is -2.43. The lowest BCUT2D eigenvalue weighted by atomic mass is 9.85. The summed E-state index contributed by atoms with van der Waals surface area (Å²) in [6.07, 6.45) is 4.12. The number of para-hydroxylation sites is 2. The smallest absolute Gasteiger partial charge is 0.252 e. The van der Waals surface area contributed by atoms with Gasteiger partial charge in [-0.2, -0.15) is 0 Å². The summed E-state index contributed by atoms with van der Waals surface area (Å²) in [5.74, 6) is 0.0502. The fourth-order valence-corrected chi connectivity index (χ4v) is 4.98. The number of rotatable bonds is 6. The van der Waals surface area contributed by atoms with Crippen LogP contribution in [0.15, 0.2) is 66.9 Å². The zero-order chi connectivity index (χ0) is 22.7. The predicted molar refractivity (Wildman–Crippen MR) is 129 cm³/mol. The van der Waals surface area contributed by atoms with Crippen molar-refractivity contribution in [2.45, 2.75) is 24.8 Å². The highest BCUT2D eigenvalue weighted by molar-refractivity contribution is 5.97. The zero-order valence-corrected chi connectivity index (χ0v) is 18.7. The Morgan fingerprint density at radius 2 is 1.82 bits per heavy atom. The first-order valence-corrected chi connectivity index (χ1v) is 11.6. The van der Waals surface area contributed by atoms with E-state index in [1.165, 1.54) is 0 Å². The van der Waals surface area contributed by atoms with Crippen molar-refractivity contribution in [3.63, 3.8) is 0 Å². The average molecular weight is 444 g/mol. The molecule has 7 nitrogen and oxygen atoms in total. The molecule has 2 saturated heterocycles. The number of nitrogens with zero attached hydrogens (tertiary/aromatic N) is 3. The van der Waals surface area contributed by atoms with Gasteiger partial charge >= 0.3 is 0 Å². The number of anilines is 1. The molecule has 2 aromatic carbocycles. The highest BCUT2D eigenvalue weighted by atomic mass is 16.2. The number of carbonyl (C=O) groups is 2. The number of fused-ring (bicyclic) bond motifs is 1. The molecule has 2 amide bonds. The maximum Gasteiger partial charge on any atom is 0.252 e. The summed E-state index contributed by atoms with van der Waals surface area (Å²) in [7, 11) is 0. The molecule has 0 unspecified atom stereocenters. The van der Waals surface area contributed by atoms with Crippen molar-refractivity contribution in [3.8, 4) is 0 Å².